The number of benzene rings is 3. The fraction of sp³-hybridized carbons (Fsp3) is 0.130. The first-order valence-electron chi connectivity index (χ1n) is 9.22. The van der Waals surface area contributed by atoms with E-state index in [4.69, 9.17) is 4.74 Å². The lowest BCUT2D eigenvalue weighted by atomic mass is 10.1. The highest BCUT2D eigenvalue weighted by molar-refractivity contribution is 6.09. The molecule has 3 aromatic rings. The summed E-state index contributed by atoms with van der Waals surface area (Å²) in [7, 11) is 0. The van der Waals surface area contributed by atoms with Crippen LogP contribution in [0.25, 0.3) is 0 Å². The standard InChI is InChI=1S/C23H20N2O3/c1-2-25-19-13-12-17(24-22(26)14-16-8-4-3-5-9-16)15-21(19)28-20-11-7-6-10-18(20)23(25)27/h3-13,15H,2,14H2,1H3,(H,24,26). The highest BCUT2D eigenvalue weighted by Gasteiger charge is 2.27. The molecule has 5 heteroatoms. The molecular weight excluding hydrogens is 352 g/mol. The molecule has 1 aliphatic rings. The first-order chi connectivity index (χ1) is 13.7. The zero-order valence-electron chi connectivity index (χ0n) is 15.5. The summed E-state index contributed by atoms with van der Waals surface area (Å²) in [5, 5.41) is 2.91. The Hall–Kier alpha value is -3.60. The van der Waals surface area contributed by atoms with E-state index in [9.17, 15) is 9.59 Å². The van der Waals surface area contributed by atoms with Crippen molar-refractivity contribution in [3.05, 3.63) is 83.9 Å². The van der Waals surface area contributed by atoms with Crippen molar-refractivity contribution in [1.82, 2.24) is 0 Å². The van der Waals surface area contributed by atoms with Crippen LogP contribution in [0, 0.1) is 0 Å². The molecule has 2 amide bonds. The summed E-state index contributed by atoms with van der Waals surface area (Å²) in [4.78, 5) is 26.9. The Balaban J connectivity index is 1.62. The minimum atomic E-state index is -0.108. The average molecular weight is 372 g/mol. The monoisotopic (exact) mass is 372 g/mol. The van der Waals surface area contributed by atoms with Crippen molar-refractivity contribution in [2.45, 2.75) is 13.3 Å². The van der Waals surface area contributed by atoms with Crippen LogP contribution in [-0.4, -0.2) is 18.4 Å². The van der Waals surface area contributed by atoms with E-state index < -0.39 is 0 Å². The third-order valence-electron chi connectivity index (χ3n) is 4.64. The number of amides is 2. The molecule has 5 nitrogen and oxygen atoms in total. The predicted octanol–water partition coefficient (Wildman–Crippen LogP) is 4.64. The Morgan fingerprint density at radius 2 is 1.71 bits per heavy atom. The van der Waals surface area contributed by atoms with Crippen LogP contribution in [0.15, 0.2) is 72.8 Å². The molecule has 140 valence electrons. The molecule has 4 rings (SSSR count). The van der Waals surface area contributed by atoms with Crippen molar-refractivity contribution in [3.8, 4) is 11.5 Å². The number of hydrogen-bond acceptors (Lipinski definition) is 3. The number of carbonyl (C=O) groups excluding carboxylic acids is 2. The Morgan fingerprint density at radius 1 is 0.964 bits per heavy atom. The summed E-state index contributed by atoms with van der Waals surface area (Å²) >= 11 is 0. The van der Waals surface area contributed by atoms with Crippen LogP contribution in [0.2, 0.25) is 0 Å². The minimum absolute atomic E-state index is 0.0993. The van der Waals surface area contributed by atoms with Crippen molar-refractivity contribution in [1.29, 1.82) is 0 Å². The number of nitrogens with zero attached hydrogens (tertiary/aromatic N) is 1. The van der Waals surface area contributed by atoms with Gasteiger partial charge in [0.2, 0.25) is 5.91 Å². The largest absolute Gasteiger partial charge is 0.454 e. The normalized spacial score (nSPS) is 12.5. The zero-order chi connectivity index (χ0) is 19.5. The fourth-order valence-corrected chi connectivity index (χ4v) is 3.30. The molecule has 0 bridgehead atoms. The number of carbonyl (C=O) groups is 2. The topological polar surface area (TPSA) is 58.6 Å². The van der Waals surface area contributed by atoms with Crippen molar-refractivity contribution in [2.75, 3.05) is 16.8 Å². The molecule has 1 N–H and O–H groups in total. The van der Waals surface area contributed by atoms with Gasteiger partial charge in [0.15, 0.2) is 5.75 Å². The first kappa shape index (κ1) is 17.8. The van der Waals surface area contributed by atoms with Crippen LogP contribution in [-0.2, 0) is 11.2 Å². The third kappa shape index (κ3) is 3.47. The SMILES string of the molecule is CCN1C(=O)c2ccccc2Oc2cc(NC(=O)Cc3ccccc3)ccc21. The molecule has 0 radical (unpaired) electrons. The maximum Gasteiger partial charge on any atom is 0.262 e. The van der Waals surface area contributed by atoms with Gasteiger partial charge >= 0.3 is 0 Å². The van der Waals surface area contributed by atoms with Crippen LogP contribution < -0.4 is 15.0 Å². The molecule has 28 heavy (non-hydrogen) atoms. The van der Waals surface area contributed by atoms with Gasteiger partial charge in [-0.1, -0.05) is 42.5 Å². The smallest absolute Gasteiger partial charge is 0.262 e. The van der Waals surface area contributed by atoms with Gasteiger partial charge in [0.05, 0.1) is 17.7 Å². The van der Waals surface area contributed by atoms with Gasteiger partial charge in [-0.2, -0.15) is 0 Å². The summed E-state index contributed by atoms with van der Waals surface area (Å²) in [5.41, 5.74) is 2.78. The lowest BCUT2D eigenvalue weighted by Crippen LogP contribution is -2.29. The number of para-hydroxylation sites is 1. The number of ether oxygens (including phenoxy) is 1. The van der Waals surface area contributed by atoms with Crippen molar-refractivity contribution in [2.24, 2.45) is 0 Å². The maximum absolute atomic E-state index is 12.9. The van der Waals surface area contributed by atoms with Gasteiger partial charge in [-0.05, 0) is 36.8 Å². The van der Waals surface area contributed by atoms with Gasteiger partial charge in [-0.3, -0.25) is 9.59 Å². The number of hydrogen-bond donors (Lipinski definition) is 1. The number of fused-ring (bicyclic) bond motifs is 2. The van der Waals surface area contributed by atoms with Crippen LogP contribution in [0.5, 0.6) is 11.5 Å². The molecular formula is C23H20N2O3. The van der Waals surface area contributed by atoms with Crippen LogP contribution >= 0.6 is 0 Å². The molecule has 0 aliphatic carbocycles. The summed E-state index contributed by atoms with van der Waals surface area (Å²) in [6.45, 7) is 2.44. The quantitative estimate of drug-likeness (QED) is 0.726. The lowest BCUT2D eigenvalue weighted by Gasteiger charge is -2.20. The van der Waals surface area contributed by atoms with Crippen LogP contribution in [0.1, 0.15) is 22.8 Å². The Kier molecular flexibility index (Phi) is 4.81. The van der Waals surface area contributed by atoms with Gasteiger partial charge in [0.25, 0.3) is 5.91 Å². The van der Waals surface area contributed by atoms with Gasteiger partial charge in [0.1, 0.15) is 5.75 Å². The van der Waals surface area contributed by atoms with E-state index >= 15 is 0 Å². The Bertz CT molecular complexity index is 1030. The van der Waals surface area contributed by atoms with Crippen LogP contribution in [0.4, 0.5) is 11.4 Å². The van der Waals surface area contributed by atoms with E-state index in [1.807, 2.05) is 49.4 Å². The molecule has 0 atom stereocenters. The Labute approximate surface area is 163 Å². The van der Waals surface area contributed by atoms with Gasteiger partial charge in [-0.15, -0.1) is 0 Å². The van der Waals surface area contributed by atoms with Gasteiger partial charge < -0.3 is 15.0 Å². The highest BCUT2D eigenvalue weighted by Crippen LogP contribution is 2.40. The first-order valence-corrected chi connectivity index (χ1v) is 9.22. The highest BCUT2D eigenvalue weighted by atomic mass is 16.5. The minimum Gasteiger partial charge on any atom is -0.454 e. The second-order valence-electron chi connectivity index (χ2n) is 6.54. The average Bonchev–Trinajstić information content (AvgIpc) is 2.82. The molecule has 0 saturated heterocycles. The fourth-order valence-electron chi connectivity index (χ4n) is 3.30. The molecule has 0 aromatic heterocycles. The molecule has 0 unspecified atom stereocenters. The maximum atomic E-state index is 12.9. The summed E-state index contributed by atoms with van der Waals surface area (Å²) in [6.07, 6.45) is 0.293. The van der Waals surface area contributed by atoms with E-state index in [-0.39, 0.29) is 11.8 Å². The second kappa shape index (κ2) is 7.56. The van der Waals surface area contributed by atoms with E-state index in [2.05, 4.69) is 5.32 Å². The van der Waals surface area contributed by atoms with Gasteiger partial charge in [0, 0.05) is 18.3 Å². The van der Waals surface area contributed by atoms with Crippen molar-refractivity contribution >= 4 is 23.2 Å². The van der Waals surface area contributed by atoms with E-state index in [1.54, 1.807) is 35.2 Å². The van der Waals surface area contributed by atoms with E-state index in [1.165, 1.54) is 0 Å². The van der Waals surface area contributed by atoms with Gasteiger partial charge in [-0.25, -0.2) is 0 Å². The third-order valence-corrected chi connectivity index (χ3v) is 4.64. The number of nitrogens with one attached hydrogen (secondary N) is 1. The summed E-state index contributed by atoms with van der Waals surface area (Å²) in [6, 6.07) is 22.1. The summed E-state index contributed by atoms with van der Waals surface area (Å²) < 4.78 is 6.03. The van der Waals surface area contributed by atoms with Crippen LogP contribution in [0.3, 0.4) is 0 Å². The van der Waals surface area contributed by atoms with E-state index in [0.29, 0.717) is 41.4 Å². The molecule has 0 spiro atoms. The number of rotatable bonds is 4. The Morgan fingerprint density at radius 3 is 2.50 bits per heavy atom. The zero-order valence-corrected chi connectivity index (χ0v) is 15.5. The second-order valence-corrected chi connectivity index (χ2v) is 6.54. The summed E-state index contributed by atoms with van der Waals surface area (Å²) in [5.74, 6) is 0.844. The molecule has 1 heterocycles. The lowest BCUT2D eigenvalue weighted by molar-refractivity contribution is -0.115. The van der Waals surface area contributed by atoms with Crippen molar-refractivity contribution < 1.29 is 14.3 Å². The molecule has 3 aromatic carbocycles. The van der Waals surface area contributed by atoms with E-state index in [0.717, 1.165) is 5.56 Å². The molecule has 0 saturated carbocycles. The van der Waals surface area contributed by atoms with Crippen molar-refractivity contribution in [3.63, 3.8) is 0 Å². The molecule has 1 aliphatic heterocycles. The number of anilines is 2. The predicted molar refractivity (Wildman–Crippen MR) is 109 cm³/mol. The molecule has 0 fully saturated rings.